The molecule has 7 heteroatoms. The number of sulfonamides is 1. The van der Waals surface area contributed by atoms with Gasteiger partial charge in [0.2, 0.25) is 10.0 Å². The lowest BCUT2D eigenvalue weighted by Crippen LogP contribution is -2.23. The van der Waals surface area contributed by atoms with E-state index in [1.54, 1.807) is 13.0 Å². The van der Waals surface area contributed by atoms with E-state index in [-0.39, 0.29) is 17.9 Å². The first kappa shape index (κ1) is 14.1. The molecule has 0 saturated carbocycles. The minimum atomic E-state index is -3.59. The van der Waals surface area contributed by atoms with Gasteiger partial charge in [0, 0.05) is 11.0 Å². The molecule has 1 rings (SSSR count). The lowest BCUT2D eigenvalue weighted by molar-refractivity contribution is -0.136. The SMILES string of the molecule is CCNS(=O)(=O)c1cc(CC(=O)O)ccc1Br. The first-order chi connectivity index (χ1) is 7.86. The van der Waals surface area contributed by atoms with Crippen LogP contribution in [0.1, 0.15) is 12.5 Å². The largest absolute Gasteiger partial charge is 0.481 e. The Bertz CT molecular complexity index is 527. The molecule has 1 aromatic carbocycles. The van der Waals surface area contributed by atoms with Gasteiger partial charge in [-0.3, -0.25) is 4.79 Å². The third-order valence-corrected chi connectivity index (χ3v) is 4.51. The molecule has 0 radical (unpaired) electrons. The third kappa shape index (κ3) is 3.79. The number of carbonyl (C=O) groups is 1. The zero-order valence-corrected chi connectivity index (χ0v) is 11.5. The molecule has 94 valence electrons. The van der Waals surface area contributed by atoms with Gasteiger partial charge in [0.05, 0.1) is 11.3 Å². The first-order valence-corrected chi connectivity index (χ1v) is 7.14. The van der Waals surface area contributed by atoms with E-state index in [1.165, 1.54) is 12.1 Å². The van der Waals surface area contributed by atoms with E-state index >= 15 is 0 Å². The molecule has 0 heterocycles. The molecule has 0 atom stereocenters. The second-order valence-corrected chi connectivity index (χ2v) is 5.93. The average molecular weight is 322 g/mol. The predicted octanol–water partition coefficient (Wildman–Crippen LogP) is 1.37. The second-order valence-electron chi connectivity index (χ2n) is 3.34. The highest BCUT2D eigenvalue weighted by molar-refractivity contribution is 9.10. The van der Waals surface area contributed by atoms with Crippen molar-refractivity contribution in [3.63, 3.8) is 0 Å². The highest BCUT2D eigenvalue weighted by Gasteiger charge is 2.17. The molecule has 0 aliphatic rings. The van der Waals surface area contributed by atoms with Crippen molar-refractivity contribution in [2.75, 3.05) is 6.54 Å². The molecule has 0 amide bonds. The van der Waals surface area contributed by atoms with Crippen LogP contribution < -0.4 is 4.72 Å². The second kappa shape index (κ2) is 5.61. The number of carboxylic acids is 1. The lowest BCUT2D eigenvalue weighted by Gasteiger charge is -2.08. The summed E-state index contributed by atoms with van der Waals surface area (Å²) < 4.78 is 26.4. The number of halogens is 1. The Morgan fingerprint density at radius 1 is 1.47 bits per heavy atom. The van der Waals surface area contributed by atoms with E-state index in [0.29, 0.717) is 10.0 Å². The first-order valence-electron chi connectivity index (χ1n) is 4.86. The fourth-order valence-electron chi connectivity index (χ4n) is 1.31. The van der Waals surface area contributed by atoms with Crippen molar-refractivity contribution >= 4 is 31.9 Å². The minimum Gasteiger partial charge on any atom is -0.481 e. The highest BCUT2D eigenvalue weighted by atomic mass is 79.9. The summed E-state index contributed by atoms with van der Waals surface area (Å²) in [5, 5.41) is 8.66. The van der Waals surface area contributed by atoms with Crippen LogP contribution in [-0.2, 0) is 21.2 Å². The van der Waals surface area contributed by atoms with Crippen LogP contribution in [0.2, 0.25) is 0 Å². The highest BCUT2D eigenvalue weighted by Crippen LogP contribution is 2.23. The lowest BCUT2D eigenvalue weighted by atomic mass is 10.2. The van der Waals surface area contributed by atoms with Gasteiger partial charge in [0.15, 0.2) is 0 Å². The molecule has 0 aromatic heterocycles. The van der Waals surface area contributed by atoms with Crippen molar-refractivity contribution in [3.05, 3.63) is 28.2 Å². The standard InChI is InChI=1S/C10H12BrNO4S/c1-2-12-17(15,16)9-5-7(6-10(13)14)3-4-8(9)11/h3-5,12H,2,6H2,1H3,(H,13,14). The zero-order chi connectivity index (χ0) is 13.1. The Labute approximate surface area is 108 Å². The van der Waals surface area contributed by atoms with Crippen LogP contribution in [0, 0.1) is 0 Å². The average Bonchev–Trinajstić information content (AvgIpc) is 2.20. The summed E-state index contributed by atoms with van der Waals surface area (Å²) in [7, 11) is -3.59. The van der Waals surface area contributed by atoms with E-state index in [2.05, 4.69) is 20.7 Å². The van der Waals surface area contributed by atoms with Gasteiger partial charge in [0.25, 0.3) is 0 Å². The van der Waals surface area contributed by atoms with Gasteiger partial charge in [0.1, 0.15) is 0 Å². The number of benzene rings is 1. The Morgan fingerprint density at radius 3 is 2.65 bits per heavy atom. The van der Waals surface area contributed by atoms with Crippen molar-refractivity contribution in [1.29, 1.82) is 0 Å². The number of hydrogen-bond donors (Lipinski definition) is 2. The molecule has 2 N–H and O–H groups in total. The van der Waals surface area contributed by atoms with Crippen LogP contribution in [0.5, 0.6) is 0 Å². The molecular formula is C10H12BrNO4S. The molecule has 0 aliphatic carbocycles. The number of carboxylic acid groups (broad SMARTS) is 1. The predicted molar refractivity (Wildman–Crippen MR) is 66.3 cm³/mol. The molecule has 0 aliphatic heterocycles. The molecule has 5 nitrogen and oxygen atoms in total. The summed E-state index contributed by atoms with van der Waals surface area (Å²) in [6.45, 7) is 1.95. The molecule has 1 aromatic rings. The van der Waals surface area contributed by atoms with E-state index in [1.807, 2.05) is 0 Å². The van der Waals surface area contributed by atoms with Gasteiger partial charge < -0.3 is 5.11 Å². The summed E-state index contributed by atoms with van der Waals surface area (Å²) in [5.41, 5.74) is 0.442. The molecular weight excluding hydrogens is 310 g/mol. The monoisotopic (exact) mass is 321 g/mol. The summed E-state index contributed by atoms with van der Waals surface area (Å²) >= 11 is 3.14. The maximum absolute atomic E-state index is 11.8. The minimum absolute atomic E-state index is 0.0538. The van der Waals surface area contributed by atoms with Crippen LogP contribution >= 0.6 is 15.9 Å². The normalized spacial score (nSPS) is 11.4. The van der Waals surface area contributed by atoms with E-state index < -0.39 is 16.0 Å². The summed E-state index contributed by atoms with van der Waals surface area (Å²) in [6.07, 6.45) is -0.206. The van der Waals surface area contributed by atoms with Gasteiger partial charge in [-0.25, -0.2) is 13.1 Å². The fraction of sp³-hybridized carbons (Fsp3) is 0.300. The Kier molecular flexibility index (Phi) is 4.67. The zero-order valence-electron chi connectivity index (χ0n) is 9.10. The van der Waals surface area contributed by atoms with Crippen molar-refractivity contribution < 1.29 is 18.3 Å². The fourth-order valence-corrected chi connectivity index (χ4v) is 3.36. The molecule has 0 saturated heterocycles. The Balaban J connectivity index is 3.19. The van der Waals surface area contributed by atoms with Gasteiger partial charge in [-0.2, -0.15) is 0 Å². The molecule has 0 unspecified atom stereocenters. The van der Waals surface area contributed by atoms with Crippen LogP contribution in [0.25, 0.3) is 0 Å². The number of nitrogens with one attached hydrogen (secondary N) is 1. The molecule has 0 bridgehead atoms. The van der Waals surface area contributed by atoms with Crippen LogP contribution in [0.4, 0.5) is 0 Å². The third-order valence-electron chi connectivity index (χ3n) is 1.97. The van der Waals surface area contributed by atoms with Gasteiger partial charge in [-0.1, -0.05) is 13.0 Å². The van der Waals surface area contributed by atoms with Crippen LogP contribution in [-0.4, -0.2) is 26.0 Å². The quantitative estimate of drug-likeness (QED) is 0.858. The molecule has 0 spiro atoms. The number of rotatable bonds is 5. The van der Waals surface area contributed by atoms with E-state index in [0.717, 1.165) is 0 Å². The van der Waals surface area contributed by atoms with Crippen molar-refractivity contribution in [2.24, 2.45) is 0 Å². The van der Waals surface area contributed by atoms with E-state index in [9.17, 15) is 13.2 Å². The summed E-state index contributed by atoms with van der Waals surface area (Å²) in [4.78, 5) is 10.6. The van der Waals surface area contributed by atoms with Gasteiger partial charge >= 0.3 is 5.97 Å². The van der Waals surface area contributed by atoms with Crippen LogP contribution in [0.3, 0.4) is 0 Å². The smallest absolute Gasteiger partial charge is 0.307 e. The topological polar surface area (TPSA) is 83.5 Å². The number of hydrogen-bond acceptors (Lipinski definition) is 3. The summed E-state index contributed by atoms with van der Waals surface area (Å²) in [5.74, 6) is -1.00. The molecule has 17 heavy (non-hydrogen) atoms. The van der Waals surface area contributed by atoms with Crippen molar-refractivity contribution in [1.82, 2.24) is 4.72 Å². The summed E-state index contributed by atoms with van der Waals surface area (Å²) in [6, 6.07) is 4.46. The van der Waals surface area contributed by atoms with Crippen LogP contribution in [0.15, 0.2) is 27.6 Å². The van der Waals surface area contributed by atoms with Crippen molar-refractivity contribution in [3.8, 4) is 0 Å². The van der Waals surface area contributed by atoms with E-state index in [4.69, 9.17) is 5.11 Å². The number of aliphatic carboxylic acids is 1. The Hall–Kier alpha value is -0.920. The Morgan fingerprint density at radius 2 is 2.12 bits per heavy atom. The van der Waals surface area contributed by atoms with Crippen molar-refractivity contribution in [2.45, 2.75) is 18.2 Å². The maximum Gasteiger partial charge on any atom is 0.307 e. The molecule has 0 fully saturated rings. The van der Waals surface area contributed by atoms with Gasteiger partial charge in [-0.05, 0) is 33.6 Å². The maximum atomic E-state index is 11.8. The van der Waals surface area contributed by atoms with Gasteiger partial charge in [-0.15, -0.1) is 0 Å².